The maximum Gasteiger partial charge on any atom is 0.399 e. The molecule has 32 heavy (non-hydrogen) atoms. The zero-order chi connectivity index (χ0) is 22.4. The molecule has 172 valence electrons. The van der Waals surface area contributed by atoms with Gasteiger partial charge in [0.1, 0.15) is 17.6 Å². The smallest absolute Gasteiger partial charge is 0.379 e. The van der Waals surface area contributed by atoms with Crippen LogP contribution in [0.4, 0.5) is 13.2 Å². The van der Waals surface area contributed by atoms with Crippen LogP contribution in [0.2, 0.25) is 0 Å². The van der Waals surface area contributed by atoms with Crippen LogP contribution in [0.25, 0.3) is 5.57 Å². The number of nitrogens with one attached hydrogen (secondary N) is 1. The zero-order valence-electron chi connectivity index (χ0n) is 17.9. The fraction of sp³-hybridized carbons (Fsp3) is 0.478. The lowest BCUT2D eigenvalue weighted by atomic mass is 9.78. The normalized spacial score (nSPS) is 22.2. The summed E-state index contributed by atoms with van der Waals surface area (Å²) in [5.41, 5.74) is -0.274. The van der Waals surface area contributed by atoms with Crippen molar-refractivity contribution >= 4 is 5.57 Å². The third-order valence-electron chi connectivity index (χ3n) is 6.08. The second-order valence-corrected chi connectivity index (χ2v) is 8.22. The predicted molar refractivity (Wildman–Crippen MR) is 116 cm³/mol. The molecule has 1 saturated heterocycles. The zero-order valence-corrected chi connectivity index (χ0v) is 17.9. The molecule has 4 rings (SSSR count). The quantitative estimate of drug-likeness (QED) is 0.630. The number of hydrogen-bond donors (Lipinski definition) is 1. The van der Waals surface area contributed by atoms with Crippen molar-refractivity contribution in [2.75, 3.05) is 39.4 Å². The van der Waals surface area contributed by atoms with Crippen LogP contribution in [0.5, 0.6) is 0 Å². The maximum atomic E-state index is 14.2. The Morgan fingerprint density at radius 2 is 1.91 bits per heavy atom. The van der Waals surface area contributed by atoms with E-state index in [9.17, 15) is 13.2 Å². The van der Waals surface area contributed by atoms with E-state index in [1.165, 1.54) is 17.0 Å². The lowest BCUT2D eigenvalue weighted by Gasteiger charge is -2.35. The molecule has 0 amide bonds. The molecule has 1 atom stereocenters. The maximum absolute atomic E-state index is 14.2. The number of rotatable bonds is 8. The Kier molecular flexibility index (Phi) is 7.07. The van der Waals surface area contributed by atoms with Gasteiger partial charge in [0.15, 0.2) is 0 Å². The number of halogens is 3. The topological polar surface area (TPSA) is 55.2 Å². The first-order chi connectivity index (χ1) is 15.5. The number of nitrogens with zero attached hydrogens (tertiary/aromatic N) is 4. The highest BCUT2D eigenvalue weighted by Gasteiger charge is 2.53. The minimum atomic E-state index is -4.40. The molecule has 6 nitrogen and oxygen atoms in total. The summed E-state index contributed by atoms with van der Waals surface area (Å²) < 4.78 is 49.4. The number of morpholine rings is 1. The van der Waals surface area contributed by atoms with E-state index in [4.69, 9.17) is 4.74 Å². The molecule has 1 fully saturated rings. The molecular weight excluding hydrogens is 419 g/mol. The molecule has 2 heterocycles. The van der Waals surface area contributed by atoms with Crippen LogP contribution in [0.3, 0.4) is 0 Å². The average Bonchev–Trinajstić information content (AvgIpc) is 3.24. The van der Waals surface area contributed by atoms with Crippen molar-refractivity contribution < 1.29 is 17.9 Å². The van der Waals surface area contributed by atoms with Gasteiger partial charge in [0.25, 0.3) is 0 Å². The first kappa shape index (κ1) is 22.7. The molecule has 1 N–H and O–H groups in total. The molecule has 0 radical (unpaired) electrons. The van der Waals surface area contributed by atoms with Crippen molar-refractivity contribution in [1.29, 1.82) is 0 Å². The first-order valence-corrected chi connectivity index (χ1v) is 10.9. The molecule has 1 unspecified atom stereocenters. The predicted octanol–water partition coefficient (Wildman–Crippen LogP) is 3.29. The summed E-state index contributed by atoms with van der Waals surface area (Å²) >= 11 is 0. The summed E-state index contributed by atoms with van der Waals surface area (Å²) in [6.45, 7) is 4.98. The summed E-state index contributed by atoms with van der Waals surface area (Å²) in [6, 6.07) is 9.45. The van der Waals surface area contributed by atoms with Gasteiger partial charge in [0, 0.05) is 32.7 Å². The number of alkyl halides is 3. The Hall–Kier alpha value is -2.49. The summed E-state index contributed by atoms with van der Waals surface area (Å²) in [5.74, 6) is 0.502. The van der Waals surface area contributed by atoms with Crippen molar-refractivity contribution in [3.8, 4) is 0 Å². The van der Waals surface area contributed by atoms with Crippen LogP contribution in [0, 0.1) is 5.41 Å². The van der Waals surface area contributed by atoms with E-state index in [-0.39, 0.29) is 13.0 Å². The lowest BCUT2D eigenvalue weighted by Crippen LogP contribution is -2.41. The molecule has 9 heteroatoms. The average molecular weight is 448 g/mol. The van der Waals surface area contributed by atoms with Gasteiger partial charge in [-0.2, -0.15) is 13.2 Å². The van der Waals surface area contributed by atoms with Crippen LogP contribution in [0.1, 0.15) is 17.8 Å². The number of allylic oxidation sites excluding steroid dienone is 4. The van der Waals surface area contributed by atoms with Crippen LogP contribution >= 0.6 is 0 Å². The van der Waals surface area contributed by atoms with E-state index in [1.807, 2.05) is 30.3 Å². The van der Waals surface area contributed by atoms with E-state index < -0.39 is 11.6 Å². The highest BCUT2D eigenvalue weighted by Crippen LogP contribution is 2.47. The van der Waals surface area contributed by atoms with Crippen LogP contribution in [-0.2, 0) is 17.8 Å². The number of benzene rings is 1. The van der Waals surface area contributed by atoms with E-state index in [2.05, 4.69) is 20.4 Å². The van der Waals surface area contributed by atoms with Crippen LogP contribution in [-0.4, -0.2) is 65.2 Å². The summed E-state index contributed by atoms with van der Waals surface area (Å²) in [6.07, 6.45) is 1.42. The van der Waals surface area contributed by atoms with Gasteiger partial charge in [-0.15, -0.1) is 10.2 Å². The van der Waals surface area contributed by atoms with Crippen molar-refractivity contribution in [3.63, 3.8) is 0 Å². The minimum Gasteiger partial charge on any atom is -0.379 e. The molecule has 2 aliphatic rings. The second-order valence-electron chi connectivity index (χ2n) is 8.22. The van der Waals surface area contributed by atoms with Crippen molar-refractivity contribution in [2.24, 2.45) is 5.41 Å². The molecule has 1 aromatic carbocycles. The van der Waals surface area contributed by atoms with Crippen LogP contribution < -0.4 is 5.32 Å². The Morgan fingerprint density at radius 3 is 2.59 bits per heavy atom. The van der Waals surface area contributed by atoms with Gasteiger partial charge in [-0.05, 0) is 17.6 Å². The van der Waals surface area contributed by atoms with Gasteiger partial charge in [-0.1, -0.05) is 48.6 Å². The van der Waals surface area contributed by atoms with E-state index in [1.54, 1.807) is 12.2 Å². The second kappa shape index (κ2) is 9.97. The van der Waals surface area contributed by atoms with Crippen molar-refractivity contribution in [3.05, 3.63) is 66.3 Å². The molecule has 1 aromatic heterocycles. The highest BCUT2D eigenvalue weighted by molar-refractivity contribution is 5.75. The lowest BCUT2D eigenvalue weighted by molar-refractivity contribution is -0.209. The molecule has 1 aliphatic heterocycles. The number of ether oxygens (including phenoxy) is 1. The van der Waals surface area contributed by atoms with Gasteiger partial charge in [-0.3, -0.25) is 4.90 Å². The van der Waals surface area contributed by atoms with E-state index in [0.717, 1.165) is 50.5 Å². The van der Waals surface area contributed by atoms with Crippen molar-refractivity contribution in [1.82, 2.24) is 25.0 Å². The Morgan fingerprint density at radius 1 is 1.12 bits per heavy atom. The molecule has 0 saturated carbocycles. The van der Waals surface area contributed by atoms with Gasteiger partial charge < -0.3 is 14.6 Å². The summed E-state index contributed by atoms with van der Waals surface area (Å²) in [4.78, 5) is 2.29. The first-order valence-electron chi connectivity index (χ1n) is 10.9. The third-order valence-corrected chi connectivity index (χ3v) is 6.08. The van der Waals surface area contributed by atoms with Gasteiger partial charge in [0.2, 0.25) is 0 Å². The third kappa shape index (κ3) is 5.28. The molecular formula is C23H28F3N5O. The summed E-state index contributed by atoms with van der Waals surface area (Å²) in [5, 5.41) is 11.2. The van der Waals surface area contributed by atoms with E-state index in [0.29, 0.717) is 12.4 Å². The minimum absolute atomic E-state index is 0.126. The van der Waals surface area contributed by atoms with Crippen LogP contribution in [0.15, 0.2) is 54.9 Å². The van der Waals surface area contributed by atoms with Gasteiger partial charge >= 0.3 is 6.18 Å². The van der Waals surface area contributed by atoms with Gasteiger partial charge in [0.05, 0.1) is 19.8 Å². The largest absolute Gasteiger partial charge is 0.399 e. The van der Waals surface area contributed by atoms with Gasteiger partial charge in [-0.25, -0.2) is 0 Å². The summed E-state index contributed by atoms with van der Waals surface area (Å²) in [7, 11) is 0. The fourth-order valence-corrected chi connectivity index (χ4v) is 4.05. The molecule has 0 bridgehead atoms. The fourth-order valence-electron chi connectivity index (χ4n) is 4.05. The highest BCUT2D eigenvalue weighted by atomic mass is 19.4. The molecule has 2 aromatic rings. The standard InChI is InChI=1S/C23H28F3N5O/c24-23(25,26)22(8-6-20(7-9-22)19-4-2-1-3-5-19)17-31-18-28-29-21(31)16-27-10-11-30-12-14-32-15-13-30/h1-8,18,27H,9-17H2. The number of aromatic nitrogens is 3. The van der Waals surface area contributed by atoms with Crippen molar-refractivity contribution in [2.45, 2.75) is 25.7 Å². The Balaban J connectivity index is 1.40. The monoisotopic (exact) mass is 447 g/mol. The number of hydrogen-bond acceptors (Lipinski definition) is 5. The molecule has 1 aliphatic carbocycles. The Bertz CT molecular complexity index is 935. The SMILES string of the molecule is FC(F)(F)C1(Cn2cnnc2CNCCN2CCOCC2)C=CC(c2ccccc2)=CC1. The van der Waals surface area contributed by atoms with E-state index >= 15 is 0 Å². The Labute approximate surface area is 185 Å². The molecule has 0 spiro atoms.